The van der Waals surface area contributed by atoms with E-state index < -0.39 is 0 Å². The predicted molar refractivity (Wildman–Crippen MR) is 92.1 cm³/mol. The number of rotatable bonds is 4. The van der Waals surface area contributed by atoms with E-state index in [0.29, 0.717) is 5.02 Å². The van der Waals surface area contributed by atoms with Gasteiger partial charge in [-0.2, -0.15) is 0 Å². The Kier molecular flexibility index (Phi) is 5.48. The number of carbonyl (C=O) groups excluding carboxylic acids is 1. The number of anilines is 1. The third kappa shape index (κ3) is 4.66. The molecular formula is C17H16ClNOS. The van der Waals surface area contributed by atoms with Crippen molar-refractivity contribution in [3.8, 4) is 0 Å². The second-order valence-electron chi connectivity index (χ2n) is 4.55. The van der Waals surface area contributed by atoms with Gasteiger partial charge < -0.3 is 5.32 Å². The minimum Gasteiger partial charge on any atom is -0.322 e. The number of amides is 1. The first-order valence-electron chi connectivity index (χ1n) is 6.48. The molecule has 108 valence electrons. The Bertz CT molecular complexity index is 665. The lowest BCUT2D eigenvalue weighted by Crippen LogP contribution is -2.08. The summed E-state index contributed by atoms with van der Waals surface area (Å²) in [6.07, 6.45) is 5.35. The molecule has 0 unspecified atom stereocenters. The molecule has 2 aromatic rings. The average molecular weight is 318 g/mol. The summed E-state index contributed by atoms with van der Waals surface area (Å²) >= 11 is 7.62. The van der Waals surface area contributed by atoms with Crippen molar-refractivity contribution in [2.45, 2.75) is 11.8 Å². The van der Waals surface area contributed by atoms with Crippen LogP contribution in [0.25, 0.3) is 6.08 Å². The van der Waals surface area contributed by atoms with Crippen LogP contribution >= 0.6 is 23.4 Å². The van der Waals surface area contributed by atoms with Crippen LogP contribution in [0.2, 0.25) is 5.02 Å². The number of thioether (sulfide) groups is 1. The van der Waals surface area contributed by atoms with Gasteiger partial charge in [0.2, 0.25) is 5.91 Å². The van der Waals surface area contributed by atoms with Crippen molar-refractivity contribution in [2.24, 2.45) is 0 Å². The molecule has 4 heteroatoms. The van der Waals surface area contributed by atoms with Crippen LogP contribution < -0.4 is 5.32 Å². The molecule has 0 saturated heterocycles. The van der Waals surface area contributed by atoms with Gasteiger partial charge >= 0.3 is 0 Å². The van der Waals surface area contributed by atoms with Crippen molar-refractivity contribution >= 4 is 41.0 Å². The van der Waals surface area contributed by atoms with Crippen molar-refractivity contribution in [2.75, 3.05) is 11.6 Å². The predicted octanol–water partition coefficient (Wildman–Crippen LogP) is 5.02. The highest BCUT2D eigenvalue weighted by atomic mass is 35.5. The molecule has 0 radical (unpaired) electrons. The van der Waals surface area contributed by atoms with Crippen LogP contribution in [0.1, 0.15) is 11.1 Å². The largest absolute Gasteiger partial charge is 0.322 e. The van der Waals surface area contributed by atoms with E-state index in [9.17, 15) is 4.79 Å². The van der Waals surface area contributed by atoms with E-state index in [0.717, 1.165) is 16.8 Å². The SMILES string of the molecule is CSc1ccc(C=CC(=O)Nc2cc(Cl)ccc2C)cc1. The van der Waals surface area contributed by atoms with Gasteiger partial charge in [0.1, 0.15) is 0 Å². The minimum absolute atomic E-state index is 0.172. The van der Waals surface area contributed by atoms with Gasteiger partial charge in [-0.3, -0.25) is 4.79 Å². The molecule has 0 bridgehead atoms. The van der Waals surface area contributed by atoms with Crippen molar-refractivity contribution in [3.63, 3.8) is 0 Å². The standard InChI is InChI=1S/C17H16ClNOS/c1-12-3-7-14(18)11-16(12)19-17(20)10-6-13-4-8-15(21-2)9-5-13/h3-11H,1-2H3,(H,19,20). The van der Waals surface area contributed by atoms with Crippen molar-refractivity contribution in [1.29, 1.82) is 0 Å². The topological polar surface area (TPSA) is 29.1 Å². The summed E-state index contributed by atoms with van der Waals surface area (Å²) in [6.45, 7) is 1.93. The Morgan fingerprint density at radius 3 is 2.57 bits per heavy atom. The Morgan fingerprint density at radius 2 is 1.90 bits per heavy atom. The molecule has 0 spiro atoms. The normalized spacial score (nSPS) is 10.8. The van der Waals surface area contributed by atoms with Gasteiger partial charge in [-0.1, -0.05) is 29.8 Å². The third-order valence-electron chi connectivity index (χ3n) is 3.00. The maximum absolute atomic E-state index is 11.9. The summed E-state index contributed by atoms with van der Waals surface area (Å²) in [7, 11) is 0. The van der Waals surface area contributed by atoms with E-state index >= 15 is 0 Å². The molecule has 0 fully saturated rings. The zero-order valence-electron chi connectivity index (χ0n) is 11.9. The summed E-state index contributed by atoms with van der Waals surface area (Å²) in [4.78, 5) is 13.1. The van der Waals surface area contributed by atoms with E-state index in [1.54, 1.807) is 30.0 Å². The first-order chi connectivity index (χ1) is 10.1. The van der Waals surface area contributed by atoms with Gasteiger partial charge in [0.05, 0.1) is 0 Å². The Morgan fingerprint density at radius 1 is 1.19 bits per heavy atom. The van der Waals surface area contributed by atoms with Gasteiger partial charge in [-0.25, -0.2) is 0 Å². The fourth-order valence-corrected chi connectivity index (χ4v) is 2.37. The monoisotopic (exact) mass is 317 g/mol. The van der Waals surface area contributed by atoms with Crippen LogP contribution in [0.4, 0.5) is 5.69 Å². The number of hydrogen-bond acceptors (Lipinski definition) is 2. The first kappa shape index (κ1) is 15.7. The fourth-order valence-electron chi connectivity index (χ4n) is 1.79. The fraction of sp³-hybridized carbons (Fsp3) is 0.118. The highest BCUT2D eigenvalue weighted by Gasteiger charge is 2.02. The maximum Gasteiger partial charge on any atom is 0.248 e. The van der Waals surface area contributed by atoms with Crippen LogP contribution in [0.15, 0.2) is 53.4 Å². The molecular weight excluding hydrogens is 302 g/mol. The van der Waals surface area contributed by atoms with E-state index in [1.165, 1.54) is 11.0 Å². The second kappa shape index (κ2) is 7.34. The Hall–Kier alpha value is -1.71. The summed E-state index contributed by atoms with van der Waals surface area (Å²) in [6, 6.07) is 13.5. The van der Waals surface area contributed by atoms with Gasteiger partial charge in [0.25, 0.3) is 0 Å². The van der Waals surface area contributed by atoms with Crippen LogP contribution in [-0.2, 0) is 4.79 Å². The zero-order valence-corrected chi connectivity index (χ0v) is 13.5. The number of carbonyl (C=O) groups is 1. The third-order valence-corrected chi connectivity index (χ3v) is 3.98. The van der Waals surface area contributed by atoms with Crippen molar-refractivity contribution in [3.05, 3.63) is 64.7 Å². The number of nitrogens with one attached hydrogen (secondary N) is 1. The number of halogens is 1. The summed E-state index contributed by atoms with van der Waals surface area (Å²) in [5.74, 6) is -0.172. The Labute approximate surface area is 134 Å². The first-order valence-corrected chi connectivity index (χ1v) is 8.08. The van der Waals surface area contributed by atoms with Gasteiger partial charge in [0, 0.05) is 21.7 Å². The summed E-state index contributed by atoms with van der Waals surface area (Å²) in [5.41, 5.74) is 2.70. The molecule has 0 aliphatic rings. The Balaban J connectivity index is 2.03. The van der Waals surface area contributed by atoms with Crippen molar-refractivity contribution < 1.29 is 4.79 Å². The van der Waals surface area contributed by atoms with E-state index in [-0.39, 0.29) is 5.91 Å². The lowest BCUT2D eigenvalue weighted by molar-refractivity contribution is -0.111. The molecule has 0 aromatic heterocycles. The molecule has 0 saturated carbocycles. The molecule has 0 aliphatic carbocycles. The molecule has 1 N–H and O–H groups in total. The van der Waals surface area contributed by atoms with Crippen LogP contribution in [0.3, 0.4) is 0 Å². The van der Waals surface area contributed by atoms with Gasteiger partial charge in [-0.15, -0.1) is 11.8 Å². The smallest absolute Gasteiger partial charge is 0.248 e. The van der Waals surface area contributed by atoms with Crippen LogP contribution in [0.5, 0.6) is 0 Å². The number of hydrogen-bond donors (Lipinski definition) is 1. The van der Waals surface area contributed by atoms with E-state index in [2.05, 4.69) is 5.32 Å². The highest BCUT2D eigenvalue weighted by molar-refractivity contribution is 7.98. The minimum atomic E-state index is -0.172. The van der Waals surface area contributed by atoms with Gasteiger partial charge in [0.15, 0.2) is 0 Å². The maximum atomic E-state index is 11.9. The molecule has 21 heavy (non-hydrogen) atoms. The molecule has 2 aromatic carbocycles. The molecule has 0 heterocycles. The summed E-state index contributed by atoms with van der Waals surface area (Å²) < 4.78 is 0. The quantitative estimate of drug-likeness (QED) is 0.633. The summed E-state index contributed by atoms with van der Waals surface area (Å²) in [5, 5.41) is 3.43. The van der Waals surface area contributed by atoms with Crippen molar-refractivity contribution in [1.82, 2.24) is 0 Å². The zero-order chi connectivity index (χ0) is 15.2. The second-order valence-corrected chi connectivity index (χ2v) is 5.87. The highest BCUT2D eigenvalue weighted by Crippen LogP contribution is 2.20. The van der Waals surface area contributed by atoms with E-state index in [4.69, 9.17) is 11.6 Å². The van der Waals surface area contributed by atoms with Gasteiger partial charge in [-0.05, 0) is 54.6 Å². The molecule has 2 rings (SSSR count). The number of aryl methyl sites for hydroxylation is 1. The molecule has 0 atom stereocenters. The molecule has 0 aliphatic heterocycles. The average Bonchev–Trinajstić information content (AvgIpc) is 2.49. The van der Waals surface area contributed by atoms with Crippen LogP contribution in [-0.4, -0.2) is 12.2 Å². The van der Waals surface area contributed by atoms with Crippen LogP contribution in [0, 0.1) is 6.92 Å². The molecule has 2 nitrogen and oxygen atoms in total. The lowest BCUT2D eigenvalue weighted by Gasteiger charge is -2.06. The molecule has 1 amide bonds. The lowest BCUT2D eigenvalue weighted by atomic mass is 10.2. The number of benzene rings is 2. The van der Waals surface area contributed by atoms with E-state index in [1.807, 2.05) is 43.5 Å².